The van der Waals surface area contributed by atoms with Crippen molar-refractivity contribution in [3.05, 3.63) is 18.2 Å². The topological polar surface area (TPSA) is 50.1 Å². The Bertz CT molecular complexity index is 313. The number of hydrogen-bond donors (Lipinski definition) is 2. The van der Waals surface area contributed by atoms with Crippen molar-refractivity contribution in [2.75, 3.05) is 13.1 Å². The van der Waals surface area contributed by atoms with Crippen LogP contribution in [0, 0.1) is 5.92 Å². The predicted octanol–water partition coefficient (Wildman–Crippen LogP) is 0.237. The first kappa shape index (κ1) is 9.68. The first-order valence-corrected chi connectivity index (χ1v) is 5.03. The van der Waals surface area contributed by atoms with Gasteiger partial charge in [0.2, 0.25) is 0 Å². The number of rotatable bonds is 2. The molecule has 0 aliphatic carbocycles. The van der Waals surface area contributed by atoms with Gasteiger partial charge < -0.3 is 15.0 Å². The maximum atomic E-state index is 10.4. The molecule has 1 aromatic rings. The van der Waals surface area contributed by atoms with Crippen LogP contribution in [-0.4, -0.2) is 27.7 Å². The van der Waals surface area contributed by atoms with E-state index >= 15 is 0 Å². The number of aryl methyl sites for hydroxylation is 1. The second-order valence-electron chi connectivity index (χ2n) is 4.20. The molecule has 14 heavy (non-hydrogen) atoms. The highest BCUT2D eigenvalue weighted by Crippen LogP contribution is 2.31. The van der Waals surface area contributed by atoms with Gasteiger partial charge in [-0.05, 0) is 19.9 Å². The van der Waals surface area contributed by atoms with Gasteiger partial charge in [-0.15, -0.1) is 0 Å². The summed E-state index contributed by atoms with van der Waals surface area (Å²) in [6.45, 7) is 3.72. The summed E-state index contributed by atoms with van der Waals surface area (Å²) < 4.78 is 1.89. The lowest BCUT2D eigenvalue weighted by Gasteiger charge is -2.28. The number of aliphatic hydroxyl groups is 1. The second kappa shape index (κ2) is 3.37. The predicted molar refractivity (Wildman–Crippen MR) is 53.8 cm³/mol. The number of hydrogen-bond acceptors (Lipinski definition) is 3. The minimum absolute atomic E-state index is 0.267. The van der Waals surface area contributed by atoms with Crippen LogP contribution in [-0.2, 0) is 12.6 Å². The highest BCUT2D eigenvalue weighted by atomic mass is 16.3. The van der Waals surface area contributed by atoms with E-state index in [1.807, 2.05) is 24.7 Å². The zero-order chi connectivity index (χ0) is 10.2. The molecule has 0 amide bonds. The van der Waals surface area contributed by atoms with Gasteiger partial charge in [0.1, 0.15) is 11.4 Å². The van der Waals surface area contributed by atoms with Gasteiger partial charge in [0, 0.05) is 31.9 Å². The molecule has 1 aliphatic heterocycles. The van der Waals surface area contributed by atoms with Crippen LogP contribution in [0.5, 0.6) is 0 Å². The highest BCUT2D eigenvalue weighted by molar-refractivity contribution is 5.06. The van der Waals surface area contributed by atoms with Crippen LogP contribution in [0.2, 0.25) is 0 Å². The Morgan fingerprint density at radius 3 is 3.00 bits per heavy atom. The number of imidazole rings is 1. The third kappa shape index (κ3) is 1.44. The molecule has 0 saturated carbocycles. The molecule has 1 fully saturated rings. The van der Waals surface area contributed by atoms with Gasteiger partial charge in [-0.3, -0.25) is 0 Å². The van der Waals surface area contributed by atoms with Crippen molar-refractivity contribution in [2.45, 2.75) is 18.9 Å². The van der Waals surface area contributed by atoms with Crippen LogP contribution in [0.25, 0.3) is 0 Å². The lowest BCUT2D eigenvalue weighted by molar-refractivity contribution is -0.00861. The van der Waals surface area contributed by atoms with E-state index in [2.05, 4.69) is 10.3 Å². The average molecular weight is 195 g/mol. The monoisotopic (exact) mass is 195 g/mol. The van der Waals surface area contributed by atoms with Gasteiger partial charge >= 0.3 is 0 Å². The summed E-state index contributed by atoms with van der Waals surface area (Å²) >= 11 is 0. The van der Waals surface area contributed by atoms with E-state index in [0.717, 1.165) is 25.3 Å². The van der Waals surface area contributed by atoms with Gasteiger partial charge in [-0.2, -0.15) is 0 Å². The summed E-state index contributed by atoms with van der Waals surface area (Å²) in [7, 11) is 1.92. The van der Waals surface area contributed by atoms with Crippen molar-refractivity contribution in [3.8, 4) is 0 Å². The van der Waals surface area contributed by atoms with E-state index in [4.69, 9.17) is 0 Å². The SMILES string of the molecule is Cn1ccnc1C(C)(O)C1CCNC1. The van der Waals surface area contributed by atoms with E-state index in [1.165, 1.54) is 0 Å². The zero-order valence-corrected chi connectivity index (χ0v) is 8.70. The first-order chi connectivity index (χ1) is 6.62. The lowest BCUT2D eigenvalue weighted by Crippen LogP contribution is -2.35. The molecule has 2 heterocycles. The fourth-order valence-corrected chi connectivity index (χ4v) is 2.17. The normalized spacial score (nSPS) is 26.4. The van der Waals surface area contributed by atoms with Gasteiger partial charge in [0.05, 0.1) is 0 Å². The van der Waals surface area contributed by atoms with Gasteiger partial charge in [0.25, 0.3) is 0 Å². The maximum absolute atomic E-state index is 10.4. The molecule has 2 atom stereocenters. The van der Waals surface area contributed by atoms with Gasteiger partial charge in [-0.1, -0.05) is 0 Å². The second-order valence-corrected chi connectivity index (χ2v) is 4.20. The molecule has 2 N–H and O–H groups in total. The van der Waals surface area contributed by atoms with Crippen molar-refractivity contribution >= 4 is 0 Å². The van der Waals surface area contributed by atoms with Crippen molar-refractivity contribution in [1.82, 2.24) is 14.9 Å². The fourth-order valence-electron chi connectivity index (χ4n) is 2.17. The van der Waals surface area contributed by atoms with Crippen molar-refractivity contribution in [1.29, 1.82) is 0 Å². The Hall–Kier alpha value is -0.870. The summed E-state index contributed by atoms with van der Waals surface area (Å²) in [6, 6.07) is 0. The Morgan fingerprint density at radius 1 is 1.71 bits per heavy atom. The van der Waals surface area contributed by atoms with Crippen LogP contribution >= 0.6 is 0 Å². The fraction of sp³-hybridized carbons (Fsp3) is 0.700. The zero-order valence-electron chi connectivity index (χ0n) is 8.70. The molecular formula is C10H17N3O. The Kier molecular flexibility index (Phi) is 2.33. The Morgan fingerprint density at radius 2 is 2.50 bits per heavy atom. The average Bonchev–Trinajstić information content (AvgIpc) is 2.72. The molecule has 0 bridgehead atoms. The molecule has 2 rings (SSSR count). The number of nitrogens with one attached hydrogen (secondary N) is 1. The summed E-state index contributed by atoms with van der Waals surface area (Å²) in [4.78, 5) is 4.22. The minimum Gasteiger partial charge on any atom is -0.382 e. The van der Waals surface area contributed by atoms with E-state index in [-0.39, 0.29) is 5.92 Å². The van der Waals surface area contributed by atoms with Crippen LogP contribution in [0.3, 0.4) is 0 Å². The smallest absolute Gasteiger partial charge is 0.140 e. The van der Waals surface area contributed by atoms with Crippen molar-refractivity contribution < 1.29 is 5.11 Å². The summed E-state index contributed by atoms with van der Waals surface area (Å²) in [5.74, 6) is 1.02. The standard InChI is InChI=1S/C10H17N3O/c1-10(14,8-3-4-11-7-8)9-12-5-6-13(9)2/h5-6,8,11,14H,3-4,7H2,1-2H3. The van der Waals surface area contributed by atoms with E-state index in [9.17, 15) is 5.11 Å². The summed E-state index contributed by atoms with van der Waals surface area (Å²) in [5, 5.41) is 13.7. The van der Waals surface area contributed by atoms with Crippen LogP contribution in [0.15, 0.2) is 12.4 Å². The van der Waals surface area contributed by atoms with E-state index in [0.29, 0.717) is 0 Å². The van der Waals surface area contributed by atoms with E-state index < -0.39 is 5.60 Å². The summed E-state index contributed by atoms with van der Waals surface area (Å²) in [5.41, 5.74) is -0.818. The molecular weight excluding hydrogens is 178 g/mol. The third-order valence-corrected chi connectivity index (χ3v) is 3.13. The van der Waals surface area contributed by atoms with Crippen molar-refractivity contribution in [3.63, 3.8) is 0 Å². The highest BCUT2D eigenvalue weighted by Gasteiger charge is 2.38. The van der Waals surface area contributed by atoms with E-state index in [1.54, 1.807) is 6.20 Å². The molecule has 1 saturated heterocycles. The molecule has 2 unspecified atom stereocenters. The largest absolute Gasteiger partial charge is 0.382 e. The Balaban J connectivity index is 2.26. The molecule has 78 valence electrons. The summed E-state index contributed by atoms with van der Waals surface area (Å²) in [6.07, 6.45) is 4.61. The van der Waals surface area contributed by atoms with Crippen molar-refractivity contribution in [2.24, 2.45) is 13.0 Å². The number of aromatic nitrogens is 2. The van der Waals surface area contributed by atoms with Crippen LogP contribution in [0.4, 0.5) is 0 Å². The molecule has 1 aliphatic rings. The molecule has 0 aromatic carbocycles. The molecule has 1 aromatic heterocycles. The number of nitrogens with zero attached hydrogens (tertiary/aromatic N) is 2. The van der Waals surface area contributed by atoms with Crippen LogP contribution in [0.1, 0.15) is 19.2 Å². The van der Waals surface area contributed by atoms with Gasteiger partial charge in [-0.25, -0.2) is 4.98 Å². The molecule has 4 nitrogen and oxygen atoms in total. The minimum atomic E-state index is -0.818. The van der Waals surface area contributed by atoms with Crippen LogP contribution < -0.4 is 5.32 Å². The molecule has 0 spiro atoms. The molecule has 0 radical (unpaired) electrons. The maximum Gasteiger partial charge on any atom is 0.140 e. The lowest BCUT2D eigenvalue weighted by atomic mass is 9.87. The first-order valence-electron chi connectivity index (χ1n) is 5.03. The molecule has 4 heteroatoms. The van der Waals surface area contributed by atoms with Gasteiger partial charge in [0.15, 0.2) is 0 Å². The Labute approximate surface area is 84.0 Å². The quantitative estimate of drug-likeness (QED) is 0.710. The third-order valence-electron chi connectivity index (χ3n) is 3.13.